The van der Waals surface area contributed by atoms with E-state index in [0.717, 1.165) is 18.8 Å². The third kappa shape index (κ3) is 4.37. The number of nitrogens with zero attached hydrogens (tertiary/aromatic N) is 3. The Morgan fingerprint density at radius 2 is 2.00 bits per heavy atom. The fourth-order valence-electron chi connectivity index (χ4n) is 2.31. The molecule has 2 rings (SSSR count). The number of hydrogen-bond donors (Lipinski definition) is 1. The summed E-state index contributed by atoms with van der Waals surface area (Å²) < 4.78 is 0. The maximum Gasteiger partial charge on any atom is 0.242 e. The highest BCUT2D eigenvalue weighted by molar-refractivity contribution is 6.30. The van der Waals surface area contributed by atoms with E-state index in [1.54, 1.807) is 11.0 Å². The normalized spacial score (nSPS) is 14.4. The molecule has 0 aromatic heterocycles. The highest BCUT2D eigenvalue weighted by Gasteiger charge is 2.21. The summed E-state index contributed by atoms with van der Waals surface area (Å²) in [7, 11) is 0. The van der Waals surface area contributed by atoms with Gasteiger partial charge in [-0.15, -0.1) is 0 Å². The van der Waals surface area contributed by atoms with E-state index in [1.165, 1.54) is 0 Å². The first-order valence-corrected chi connectivity index (χ1v) is 7.40. The molecule has 1 fully saturated rings. The molecule has 116 valence electrons. The minimum atomic E-state index is -0.423. The fourth-order valence-corrected chi connectivity index (χ4v) is 2.49. The van der Waals surface area contributed by atoms with E-state index in [4.69, 9.17) is 16.9 Å². The van der Waals surface area contributed by atoms with Gasteiger partial charge in [0.2, 0.25) is 11.8 Å². The Hall–Kier alpha value is -2.26. The summed E-state index contributed by atoms with van der Waals surface area (Å²) in [6.07, 6.45) is -0.226. The number of rotatable bonds is 4. The SMILES string of the molecule is N#CCC(=O)NCC(=O)N1CCN(c2cccc(Cl)c2)CC1. The van der Waals surface area contributed by atoms with Gasteiger partial charge in [0.25, 0.3) is 0 Å². The molecule has 1 saturated heterocycles. The van der Waals surface area contributed by atoms with Crippen LogP contribution in [0.15, 0.2) is 24.3 Å². The number of carbonyl (C=O) groups excluding carboxylic acids is 2. The standard InChI is InChI=1S/C15H17ClN4O2/c16-12-2-1-3-13(10-12)19-6-8-20(9-7-19)15(22)11-18-14(21)4-5-17/h1-3,10H,4,6-9,11H2,(H,18,21). The summed E-state index contributed by atoms with van der Waals surface area (Å²) in [6.45, 7) is 2.58. The van der Waals surface area contributed by atoms with Crippen molar-refractivity contribution in [3.8, 4) is 6.07 Å². The zero-order chi connectivity index (χ0) is 15.9. The zero-order valence-electron chi connectivity index (χ0n) is 12.1. The summed E-state index contributed by atoms with van der Waals surface area (Å²) in [5.41, 5.74) is 1.04. The van der Waals surface area contributed by atoms with Crippen LogP contribution < -0.4 is 10.2 Å². The van der Waals surface area contributed by atoms with Gasteiger partial charge in [-0.25, -0.2) is 0 Å². The first-order chi connectivity index (χ1) is 10.6. The van der Waals surface area contributed by atoms with Crippen molar-refractivity contribution in [1.82, 2.24) is 10.2 Å². The summed E-state index contributed by atoms with van der Waals surface area (Å²) in [5.74, 6) is -0.551. The third-order valence-corrected chi connectivity index (χ3v) is 3.72. The lowest BCUT2D eigenvalue weighted by atomic mass is 10.2. The second kappa shape index (κ2) is 7.66. The van der Waals surface area contributed by atoms with E-state index in [-0.39, 0.29) is 18.9 Å². The van der Waals surface area contributed by atoms with Gasteiger partial charge in [-0.1, -0.05) is 17.7 Å². The van der Waals surface area contributed by atoms with Gasteiger partial charge < -0.3 is 15.1 Å². The molecule has 0 aliphatic carbocycles. The van der Waals surface area contributed by atoms with Crippen molar-refractivity contribution in [3.05, 3.63) is 29.3 Å². The number of carbonyl (C=O) groups is 2. The first kappa shape index (κ1) is 16.1. The number of benzene rings is 1. The fraction of sp³-hybridized carbons (Fsp3) is 0.400. The van der Waals surface area contributed by atoms with Crippen LogP contribution in [0.4, 0.5) is 5.69 Å². The Morgan fingerprint density at radius 1 is 1.27 bits per heavy atom. The Morgan fingerprint density at radius 3 is 2.64 bits per heavy atom. The molecule has 0 spiro atoms. The van der Waals surface area contributed by atoms with Crippen LogP contribution in [0.1, 0.15) is 6.42 Å². The van der Waals surface area contributed by atoms with Crippen LogP contribution >= 0.6 is 11.6 Å². The molecule has 6 nitrogen and oxygen atoms in total. The van der Waals surface area contributed by atoms with Crippen molar-refractivity contribution >= 4 is 29.1 Å². The third-order valence-electron chi connectivity index (χ3n) is 3.48. The van der Waals surface area contributed by atoms with Gasteiger partial charge in [0.1, 0.15) is 6.42 Å². The quantitative estimate of drug-likeness (QED) is 0.898. The zero-order valence-corrected chi connectivity index (χ0v) is 12.8. The minimum Gasteiger partial charge on any atom is -0.368 e. The smallest absolute Gasteiger partial charge is 0.242 e. The molecule has 1 aliphatic heterocycles. The summed E-state index contributed by atoms with van der Waals surface area (Å²) in [4.78, 5) is 27.1. The van der Waals surface area contributed by atoms with Crippen molar-refractivity contribution in [3.63, 3.8) is 0 Å². The maximum absolute atomic E-state index is 12.0. The van der Waals surface area contributed by atoms with Crippen molar-refractivity contribution in [2.45, 2.75) is 6.42 Å². The highest BCUT2D eigenvalue weighted by atomic mass is 35.5. The molecule has 1 aromatic carbocycles. The number of halogens is 1. The van der Waals surface area contributed by atoms with Gasteiger partial charge in [0.15, 0.2) is 0 Å². The maximum atomic E-state index is 12.0. The molecular formula is C15H17ClN4O2. The van der Waals surface area contributed by atoms with Gasteiger partial charge >= 0.3 is 0 Å². The molecule has 1 heterocycles. The molecular weight excluding hydrogens is 304 g/mol. The van der Waals surface area contributed by atoms with Crippen molar-refractivity contribution in [2.24, 2.45) is 0 Å². The van der Waals surface area contributed by atoms with Crippen LogP contribution in [-0.4, -0.2) is 49.4 Å². The lowest BCUT2D eigenvalue weighted by Crippen LogP contribution is -2.51. The Kier molecular flexibility index (Phi) is 5.61. The molecule has 1 N–H and O–H groups in total. The number of amides is 2. The lowest BCUT2D eigenvalue weighted by Gasteiger charge is -2.36. The van der Waals surface area contributed by atoms with Crippen LogP contribution in [0.2, 0.25) is 5.02 Å². The van der Waals surface area contributed by atoms with Gasteiger partial charge in [0, 0.05) is 36.9 Å². The van der Waals surface area contributed by atoms with Gasteiger partial charge in [-0.3, -0.25) is 9.59 Å². The topological polar surface area (TPSA) is 76.4 Å². The van der Waals surface area contributed by atoms with E-state index in [1.807, 2.05) is 24.3 Å². The van der Waals surface area contributed by atoms with E-state index in [2.05, 4.69) is 10.2 Å². The number of nitrogens with one attached hydrogen (secondary N) is 1. The molecule has 0 unspecified atom stereocenters. The Labute approximate surface area is 134 Å². The lowest BCUT2D eigenvalue weighted by molar-refractivity contribution is -0.132. The molecule has 7 heteroatoms. The van der Waals surface area contributed by atoms with E-state index in [9.17, 15) is 9.59 Å². The van der Waals surface area contributed by atoms with Crippen LogP contribution in [0.3, 0.4) is 0 Å². The molecule has 0 bridgehead atoms. The van der Waals surface area contributed by atoms with E-state index < -0.39 is 5.91 Å². The molecule has 1 aromatic rings. The van der Waals surface area contributed by atoms with Gasteiger partial charge in [0.05, 0.1) is 12.6 Å². The molecule has 0 radical (unpaired) electrons. The second-order valence-electron chi connectivity index (χ2n) is 4.96. The Balaban J connectivity index is 1.80. The number of nitriles is 1. The van der Waals surface area contributed by atoms with Crippen LogP contribution in [-0.2, 0) is 9.59 Å². The summed E-state index contributed by atoms with van der Waals surface area (Å²) in [6, 6.07) is 9.37. The van der Waals surface area contributed by atoms with Crippen LogP contribution in [0.25, 0.3) is 0 Å². The van der Waals surface area contributed by atoms with Gasteiger partial charge in [-0.2, -0.15) is 5.26 Å². The van der Waals surface area contributed by atoms with Crippen LogP contribution in [0.5, 0.6) is 0 Å². The average molecular weight is 321 g/mol. The highest BCUT2D eigenvalue weighted by Crippen LogP contribution is 2.20. The molecule has 1 aliphatic rings. The second-order valence-corrected chi connectivity index (χ2v) is 5.40. The molecule has 2 amide bonds. The first-order valence-electron chi connectivity index (χ1n) is 7.02. The number of piperazine rings is 1. The largest absolute Gasteiger partial charge is 0.368 e. The number of anilines is 1. The summed E-state index contributed by atoms with van der Waals surface area (Å²) in [5, 5.41) is 11.5. The molecule has 0 atom stereocenters. The predicted molar refractivity (Wildman–Crippen MR) is 83.5 cm³/mol. The summed E-state index contributed by atoms with van der Waals surface area (Å²) >= 11 is 5.99. The number of hydrogen-bond acceptors (Lipinski definition) is 4. The predicted octanol–water partition coefficient (Wildman–Crippen LogP) is 1.02. The monoisotopic (exact) mass is 320 g/mol. The van der Waals surface area contributed by atoms with E-state index in [0.29, 0.717) is 18.1 Å². The van der Waals surface area contributed by atoms with Gasteiger partial charge in [-0.05, 0) is 18.2 Å². The minimum absolute atomic E-state index is 0.0579. The molecule has 0 saturated carbocycles. The molecule has 22 heavy (non-hydrogen) atoms. The van der Waals surface area contributed by atoms with Crippen molar-refractivity contribution in [1.29, 1.82) is 5.26 Å². The Bertz CT molecular complexity index is 591. The average Bonchev–Trinajstić information content (AvgIpc) is 2.53. The van der Waals surface area contributed by atoms with Crippen LogP contribution in [0, 0.1) is 11.3 Å². The van der Waals surface area contributed by atoms with Crippen molar-refractivity contribution in [2.75, 3.05) is 37.6 Å². The van der Waals surface area contributed by atoms with Crippen molar-refractivity contribution < 1.29 is 9.59 Å². The van der Waals surface area contributed by atoms with E-state index >= 15 is 0 Å².